The van der Waals surface area contributed by atoms with Gasteiger partial charge in [-0.15, -0.1) is 0 Å². The Balaban J connectivity index is 1.84. The number of halogens is 1. The SMILES string of the molecule is C[C@@H](NC(=O)COC(=O)c1ccc(C#N)cc1)c1ccc(Cl)cc1. The van der Waals surface area contributed by atoms with E-state index in [4.69, 9.17) is 21.6 Å². The van der Waals surface area contributed by atoms with Crippen molar-refractivity contribution in [3.8, 4) is 6.07 Å². The molecule has 0 heterocycles. The lowest BCUT2D eigenvalue weighted by atomic mass is 10.1. The Kier molecular flexibility index (Phi) is 5.94. The number of hydrogen-bond acceptors (Lipinski definition) is 4. The van der Waals surface area contributed by atoms with E-state index in [-0.39, 0.29) is 18.2 Å². The summed E-state index contributed by atoms with van der Waals surface area (Å²) in [5, 5.41) is 12.1. The van der Waals surface area contributed by atoms with E-state index in [1.165, 1.54) is 24.3 Å². The summed E-state index contributed by atoms with van der Waals surface area (Å²) in [6, 6.07) is 14.8. The summed E-state index contributed by atoms with van der Waals surface area (Å²) in [7, 11) is 0. The molecule has 0 aliphatic rings. The van der Waals surface area contributed by atoms with E-state index in [0.29, 0.717) is 10.6 Å². The Morgan fingerprint density at radius 2 is 1.79 bits per heavy atom. The third-order valence-corrected chi connectivity index (χ3v) is 3.58. The van der Waals surface area contributed by atoms with E-state index in [9.17, 15) is 9.59 Å². The third kappa shape index (κ3) is 4.83. The summed E-state index contributed by atoms with van der Waals surface area (Å²) in [6.07, 6.45) is 0. The predicted octanol–water partition coefficient (Wildman–Crippen LogP) is 3.25. The first kappa shape index (κ1) is 17.5. The molecule has 1 amide bonds. The number of carbonyl (C=O) groups excluding carboxylic acids is 2. The molecule has 0 saturated heterocycles. The van der Waals surface area contributed by atoms with Gasteiger partial charge < -0.3 is 10.1 Å². The number of ether oxygens (including phenoxy) is 1. The minimum absolute atomic E-state index is 0.233. The van der Waals surface area contributed by atoms with Gasteiger partial charge in [-0.05, 0) is 48.9 Å². The van der Waals surface area contributed by atoms with Gasteiger partial charge in [-0.2, -0.15) is 5.26 Å². The van der Waals surface area contributed by atoms with Crippen molar-refractivity contribution >= 4 is 23.5 Å². The fourth-order valence-electron chi connectivity index (χ4n) is 2.01. The molecule has 0 fully saturated rings. The molecule has 2 aromatic carbocycles. The average molecular weight is 343 g/mol. The highest BCUT2D eigenvalue weighted by molar-refractivity contribution is 6.30. The van der Waals surface area contributed by atoms with Gasteiger partial charge in [0.2, 0.25) is 0 Å². The quantitative estimate of drug-likeness (QED) is 0.846. The maximum absolute atomic E-state index is 11.9. The summed E-state index contributed by atoms with van der Waals surface area (Å²) in [4.78, 5) is 23.7. The zero-order valence-corrected chi connectivity index (χ0v) is 13.7. The highest BCUT2D eigenvalue weighted by Gasteiger charge is 2.13. The first-order valence-corrected chi connectivity index (χ1v) is 7.59. The number of amides is 1. The molecule has 2 aromatic rings. The van der Waals surface area contributed by atoms with Gasteiger partial charge in [-0.3, -0.25) is 4.79 Å². The van der Waals surface area contributed by atoms with Crippen LogP contribution in [-0.2, 0) is 9.53 Å². The Labute approximate surface area is 144 Å². The van der Waals surface area contributed by atoms with Crippen molar-refractivity contribution in [1.29, 1.82) is 5.26 Å². The molecule has 0 aromatic heterocycles. The van der Waals surface area contributed by atoms with Crippen LogP contribution in [0.1, 0.15) is 34.5 Å². The number of benzene rings is 2. The van der Waals surface area contributed by atoms with Crippen molar-refractivity contribution in [1.82, 2.24) is 5.32 Å². The molecule has 0 unspecified atom stereocenters. The van der Waals surface area contributed by atoms with Gasteiger partial charge in [0.05, 0.1) is 23.2 Å². The fourth-order valence-corrected chi connectivity index (χ4v) is 2.14. The van der Waals surface area contributed by atoms with E-state index in [1.807, 2.05) is 25.1 Å². The highest BCUT2D eigenvalue weighted by Crippen LogP contribution is 2.15. The smallest absolute Gasteiger partial charge is 0.338 e. The first-order valence-electron chi connectivity index (χ1n) is 7.21. The maximum atomic E-state index is 11.9. The van der Waals surface area contributed by atoms with Crippen LogP contribution in [0.5, 0.6) is 0 Å². The van der Waals surface area contributed by atoms with Gasteiger partial charge >= 0.3 is 5.97 Å². The summed E-state index contributed by atoms with van der Waals surface area (Å²) >= 11 is 5.82. The molecule has 0 saturated carbocycles. The first-order chi connectivity index (χ1) is 11.5. The number of nitriles is 1. The number of nitrogens with zero attached hydrogens (tertiary/aromatic N) is 1. The van der Waals surface area contributed by atoms with Gasteiger partial charge in [0.1, 0.15) is 0 Å². The lowest BCUT2D eigenvalue weighted by Crippen LogP contribution is -2.31. The molecule has 0 spiro atoms. The Hall–Kier alpha value is -2.84. The van der Waals surface area contributed by atoms with Crippen LogP contribution in [0.25, 0.3) is 0 Å². The number of esters is 1. The lowest BCUT2D eigenvalue weighted by molar-refractivity contribution is -0.124. The highest BCUT2D eigenvalue weighted by atomic mass is 35.5. The van der Waals surface area contributed by atoms with Crippen LogP contribution < -0.4 is 5.32 Å². The molecular weight excluding hydrogens is 328 g/mol. The van der Waals surface area contributed by atoms with E-state index >= 15 is 0 Å². The Morgan fingerprint density at radius 1 is 1.17 bits per heavy atom. The van der Waals surface area contributed by atoms with E-state index in [0.717, 1.165) is 5.56 Å². The molecular formula is C18H15ClN2O3. The monoisotopic (exact) mass is 342 g/mol. The minimum Gasteiger partial charge on any atom is -0.452 e. The summed E-state index contributed by atoms with van der Waals surface area (Å²) < 4.78 is 4.96. The van der Waals surface area contributed by atoms with Crippen LogP contribution in [-0.4, -0.2) is 18.5 Å². The fraction of sp³-hybridized carbons (Fsp3) is 0.167. The molecule has 24 heavy (non-hydrogen) atoms. The van der Waals surface area contributed by atoms with Gasteiger partial charge in [-0.1, -0.05) is 23.7 Å². The second-order valence-electron chi connectivity index (χ2n) is 5.11. The van der Waals surface area contributed by atoms with Gasteiger partial charge in [-0.25, -0.2) is 4.79 Å². The van der Waals surface area contributed by atoms with E-state index in [2.05, 4.69) is 5.32 Å². The van der Waals surface area contributed by atoms with E-state index < -0.39 is 11.9 Å². The zero-order chi connectivity index (χ0) is 17.5. The van der Waals surface area contributed by atoms with Gasteiger partial charge in [0, 0.05) is 5.02 Å². The lowest BCUT2D eigenvalue weighted by Gasteiger charge is -2.14. The molecule has 0 bridgehead atoms. The number of nitrogens with one attached hydrogen (secondary N) is 1. The standard InChI is InChI=1S/C18H15ClN2O3/c1-12(14-6-8-16(19)9-7-14)21-17(22)11-24-18(23)15-4-2-13(10-20)3-5-15/h2-9,12H,11H2,1H3,(H,21,22)/t12-/m1/s1. The van der Waals surface area contributed by atoms with Crippen LogP contribution in [0.15, 0.2) is 48.5 Å². The van der Waals surface area contributed by atoms with Crippen molar-refractivity contribution in [2.75, 3.05) is 6.61 Å². The van der Waals surface area contributed by atoms with Crippen molar-refractivity contribution in [2.24, 2.45) is 0 Å². The van der Waals surface area contributed by atoms with Gasteiger partial charge in [0.25, 0.3) is 5.91 Å². The second-order valence-corrected chi connectivity index (χ2v) is 5.54. The second kappa shape index (κ2) is 8.14. The topological polar surface area (TPSA) is 79.2 Å². The van der Waals surface area contributed by atoms with Crippen molar-refractivity contribution in [2.45, 2.75) is 13.0 Å². The molecule has 0 aliphatic carbocycles. The normalized spacial score (nSPS) is 11.2. The van der Waals surface area contributed by atoms with E-state index in [1.54, 1.807) is 12.1 Å². The van der Waals surface area contributed by atoms with Crippen molar-refractivity contribution in [3.05, 3.63) is 70.2 Å². The number of carbonyl (C=O) groups is 2. The van der Waals surface area contributed by atoms with Crippen molar-refractivity contribution < 1.29 is 14.3 Å². The van der Waals surface area contributed by atoms with Crippen LogP contribution in [0.3, 0.4) is 0 Å². The zero-order valence-electron chi connectivity index (χ0n) is 13.0. The minimum atomic E-state index is -0.617. The van der Waals surface area contributed by atoms with Crippen LogP contribution in [0.2, 0.25) is 5.02 Å². The number of rotatable bonds is 5. The average Bonchev–Trinajstić information content (AvgIpc) is 2.60. The Morgan fingerprint density at radius 3 is 2.38 bits per heavy atom. The summed E-state index contributed by atoms with van der Waals surface area (Å²) in [5.41, 5.74) is 1.62. The molecule has 2 rings (SSSR count). The molecule has 0 radical (unpaired) electrons. The summed E-state index contributed by atoms with van der Waals surface area (Å²) in [6.45, 7) is 1.44. The molecule has 0 aliphatic heterocycles. The molecule has 1 atom stereocenters. The molecule has 122 valence electrons. The molecule has 6 heteroatoms. The number of hydrogen-bond donors (Lipinski definition) is 1. The maximum Gasteiger partial charge on any atom is 0.338 e. The predicted molar refractivity (Wildman–Crippen MR) is 89.4 cm³/mol. The summed E-state index contributed by atoms with van der Waals surface area (Å²) in [5.74, 6) is -1.02. The third-order valence-electron chi connectivity index (χ3n) is 3.33. The largest absolute Gasteiger partial charge is 0.452 e. The van der Waals surface area contributed by atoms with Crippen molar-refractivity contribution in [3.63, 3.8) is 0 Å². The van der Waals surface area contributed by atoms with Gasteiger partial charge in [0.15, 0.2) is 6.61 Å². The van der Waals surface area contributed by atoms with Crippen LogP contribution in [0, 0.1) is 11.3 Å². The van der Waals surface area contributed by atoms with Crippen LogP contribution in [0.4, 0.5) is 0 Å². The molecule has 5 nitrogen and oxygen atoms in total. The Bertz CT molecular complexity index is 764. The van der Waals surface area contributed by atoms with Crippen LogP contribution >= 0.6 is 11.6 Å². The molecule has 1 N–H and O–H groups in total.